The number of hydrogen-bond donors (Lipinski definition) is 1. The molecule has 2 nitrogen and oxygen atoms in total. The highest BCUT2D eigenvalue weighted by Crippen LogP contribution is 2.42. The second-order valence-electron chi connectivity index (χ2n) is 5.57. The Morgan fingerprint density at radius 1 is 1.16 bits per heavy atom. The van der Waals surface area contributed by atoms with Gasteiger partial charge in [0.2, 0.25) is 0 Å². The van der Waals surface area contributed by atoms with Crippen molar-refractivity contribution in [2.75, 3.05) is 26.2 Å². The topological polar surface area (TPSA) is 15.3 Å². The van der Waals surface area contributed by atoms with Gasteiger partial charge in [0.25, 0.3) is 0 Å². The number of piperazine rings is 1. The van der Waals surface area contributed by atoms with Crippen LogP contribution in [0.5, 0.6) is 0 Å². The van der Waals surface area contributed by atoms with Gasteiger partial charge in [-0.2, -0.15) is 24.5 Å². The first-order valence-corrected chi connectivity index (χ1v) is 8.73. The van der Waals surface area contributed by atoms with Crippen molar-refractivity contribution in [1.82, 2.24) is 10.2 Å². The lowest BCUT2D eigenvalue weighted by molar-refractivity contribution is -0.138. The monoisotopic (exact) mass is 414 g/mol. The summed E-state index contributed by atoms with van der Waals surface area (Å²) in [6.45, 7) is 2.35. The summed E-state index contributed by atoms with van der Waals surface area (Å²) in [4.78, 5) is 1.86. The Hall–Kier alpha value is -0.860. The molecular weight excluding hydrogens is 399 g/mol. The Balaban J connectivity index is 0.00000225. The summed E-state index contributed by atoms with van der Waals surface area (Å²) in [6, 6.07) is 2.75. The van der Waals surface area contributed by atoms with E-state index in [1.807, 2.05) is 4.90 Å². The standard InChI is InChI=1S/C16H15ClF4N2S.ClH/c17-12-2-1-11(16(19,20)21)13(14(12)18)15(10-3-8-24-9-10)23-6-4-22-5-7-23;/h1-3,8-9,15,22H,4-7H2;1H/t15-;/m1./s1. The van der Waals surface area contributed by atoms with E-state index < -0.39 is 29.2 Å². The van der Waals surface area contributed by atoms with E-state index in [9.17, 15) is 17.6 Å². The van der Waals surface area contributed by atoms with Gasteiger partial charge in [-0.1, -0.05) is 11.6 Å². The lowest BCUT2D eigenvalue weighted by Crippen LogP contribution is -2.46. The lowest BCUT2D eigenvalue weighted by Gasteiger charge is -2.36. The van der Waals surface area contributed by atoms with E-state index in [2.05, 4.69) is 5.32 Å². The first-order valence-electron chi connectivity index (χ1n) is 7.41. The molecule has 9 heteroatoms. The molecule has 2 heterocycles. The normalized spacial score (nSPS) is 17.2. The van der Waals surface area contributed by atoms with E-state index in [1.165, 1.54) is 11.3 Å². The molecule has 3 rings (SSSR count). The summed E-state index contributed by atoms with van der Waals surface area (Å²) >= 11 is 7.18. The Morgan fingerprint density at radius 2 is 1.84 bits per heavy atom. The fraction of sp³-hybridized carbons (Fsp3) is 0.375. The van der Waals surface area contributed by atoms with E-state index in [1.54, 1.807) is 16.8 Å². The van der Waals surface area contributed by atoms with E-state index in [4.69, 9.17) is 11.6 Å². The Labute approximate surface area is 158 Å². The Morgan fingerprint density at radius 3 is 2.40 bits per heavy atom. The summed E-state index contributed by atoms with van der Waals surface area (Å²) in [5, 5.41) is 6.39. The molecule has 1 aromatic heterocycles. The van der Waals surface area contributed by atoms with Gasteiger partial charge < -0.3 is 5.32 Å². The maximum atomic E-state index is 14.7. The smallest absolute Gasteiger partial charge is 0.314 e. The highest BCUT2D eigenvalue weighted by molar-refractivity contribution is 7.08. The maximum Gasteiger partial charge on any atom is 0.416 e. The fourth-order valence-electron chi connectivity index (χ4n) is 3.01. The molecule has 0 radical (unpaired) electrons. The van der Waals surface area contributed by atoms with E-state index in [0.717, 1.165) is 12.1 Å². The van der Waals surface area contributed by atoms with Crippen LogP contribution < -0.4 is 5.32 Å². The zero-order valence-electron chi connectivity index (χ0n) is 12.9. The number of nitrogens with one attached hydrogen (secondary N) is 1. The Bertz CT molecular complexity index is 701. The van der Waals surface area contributed by atoms with Crippen molar-refractivity contribution in [3.63, 3.8) is 0 Å². The highest BCUT2D eigenvalue weighted by Gasteiger charge is 2.40. The van der Waals surface area contributed by atoms with Gasteiger partial charge in [-0.3, -0.25) is 4.90 Å². The van der Waals surface area contributed by atoms with Crippen LogP contribution in [0.3, 0.4) is 0 Å². The van der Waals surface area contributed by atoms with Crippen molar-refractivity contribution >= 4 is 35.3 Å². The van der Waals surface area contributed by atoms with Crippen LogP contribution in [-0.4, -0.2) is 31.1 Å². The quantitative estimate of drug-likeness (QED) is 0.712. The molecule has 0 amide bonds. The van der Waals surface area contributed by atoms with Gasteiger partial charge in [0.05, 0.1) is 16.6 Å². The minimum atomic E-state index is -4.65. The minimum absolute atomic E-state index is 0. The van der Waals surface area contributed by atoms with Gasteiger partial charge in [0.1, 0.15) is 5.82 Å². The molecule has 2 aromatic rings. The Kier molecular flexibility index (Phi) is 6.73. The number of benzene rings is 1. The van der Waals surface area contributed by atoms with Crippen LogP contribution in [0.15, 0.2) is 29.0 Å². The molecular formula is C16H16Cl2F4N2S. The van der Waals surface area contributed by atoms with Gasteiger partial charge >= 0.3 is 6.18 Å². The van der Waals surface area contributed by atoms with Crippen molar-refractivity contribution in [3.8, 4) is 0 Å². The minimum Gasteiger partial charge on any atom is -0.314 e. The van der Waals surface area contributed by atoms with Crippen LogP contribution in [0, 0.1) is 5.82 Å². The van der Waals surface area contributed by atoms with Crippen molar-refractivity contribution in [2.45, 2.75) is 12.2 Å². The summed E-state index contributed by atoms with van der Waals surface area (Å²) < 4.78 is 55.2. The van der Waals surface area contributed by atoms with Gasteiger partial charge in [-0.15, -0.1) is 12.4 Å². The van der Waals surface area contributed by atoms with Crippen LogP contribution in [0.4, 0.5) is 17.6 Å². The lowest BCUT2D eigenvalue weighted by atomic mass is 9.93. The third kappa shape index (κ3) is 4.28. The predicted molar refractivity (Wildman–Crippen MR) is 94.3 cm³/mol. The van der Waals surface area contributed by atoms with Crippen LogP contribution in [0.25, 0.3) is 0 Å². The summed E-state index contributed by atoms with van der Waals surface area (Å²) in [5.41, 5.74) is -0.719. The average molecular weight is 415 g/mol. The zero-order chi connectivity index (χ0) is 17.3. The maximum absolute atomic E-state index is 14.7. The molecule has 1 aromatic carbocycles. The number of alkyl halides is 3. The summed E-state index contributed by atoms with van der Waals surface area (Å²) in [7, 11) is 0. The molecule has 138 valence electrons. The van der Waals surface area contributed by atoms with Gasteiger partial charge in [-0.25, -0.2) is 4.39 Å². The molecule has 1 aliphatic heterocycles. The van der Waals surface area contributed by atoms with Crippen molar-refractivity contribution in [1.29, 1.82) is 0 Å². The number of nitrogens with zero attached hydrogens (tertiary/aromatic N) is 1. The molecule has 1 fully saturated rings. The molecule has 0 unspecified atom stereocenters. The van der Waals surface area contributed by atoms with Gasteiger partial charge in [0, 0.05) is 31.7 Å². The van der Waals surface area contributed by atoms with Crippen molar-refractivity contribution in [2.24, 2.45) is 0 Å². The molecule has 0 aliphatic carbocycles. The highest BCUT2D eigenvalue weighted by atomic mass is 35.5. The number of rotatable bonds is 3. The van der Waals surface area contributed by atoms with Crippen LogP contribution in [-0.2, 0) is 6.18 Å². The molecule has 1 aliphatic rings. The molecule has 0 spiro atoms. The zero-order valence-corrected chi connectivity index (χ0v) is 15.3. The van der Waals surface area contributed by atoms with Gasteiger partial charge in [-0.05, 0) is 34.5 Å². The SMILES string of the molecule is Cl.Fc1c(Cl)ccc(C(F)(F)F)c1[C@@H](c1ccsc1)N1CCNCC1. The molecule has 0 bridgehead atoms. The van der Waals surface area contributed by atoms with Gasteiger partial charge in [0.15, 0.2) is 0 Å². The number of thiophene rings is 1. The van der Waals surface area contributed by atoms with E-state index in [-0.39, 0.29) is 17.4 Å². The summed E-state index contributed by atoms with van der Waals surface area (Å²) in [5.74, 6) is -0.999. The fourth-order valence-corrected chi connectivity index (χ4v) is 3.86. The molecule has 1 saturated heterocycles. The molecule has 25 heavy (non-hydrogen) atoms. The van der Waals surface area contributed by atoms with E-state index in [0.29, 0.717) is 31.7 Å². The first-order chi connectivity index (χ1) is 11.4. The number of hydrogen-bond acceptors (Lipinski definition) is 3. The van der Waals surface area contributed by atoms with Crippen molar-refractivity contribution in [3.05, 3.63) is 56.5 Å². The molecule has 1 atom stereocenters. The predicted octanol–water partition coefficient (Wildman–Crippen LogP) is 4.98. The molecule has 1 N–H and O–H groups in total. The summed E-state index contributed by atoms with van der Waals surface area (Å²) in [6.07, 6.45) is -4.65. The van der Waals surface area contributed by atoms with Crippen LogP contribution >= 0.6 is 35.3 Å². The first kappa shape index (κ1) is 20.5. The average Bonchev–Trinajstić information content (AvgIpc) is 3.06. The van der Waals surface area contributed by atoms with Crippen LogP contribution in [0.2, 0.25) is 5.02 Å². The second kappa shape index (κ2) is 8.22. The third-order valence-electron chi connectivity index (χ3n) is 4.09. The van der Waals surface area contributed by atoms with Crippen LogP contribution in [0.1, 0.15) is 22.7 Å². The van der Waals surface area contributed by atoms with E-state index >= 15 is 0 Å². The largest absolute Gasteiger partial charge is 0.416 e. The molecule has 0 saturated carbocycles. The number of halogens is 6. The third-order valence-corrected chi connectivity index (χ3v) is 5.08. The second-order valence-corrected chi connectivity index (χ2v) is 6.75. The van der Waals surface area contributed by atoms with Crippen molar-refractivity contribution < 1.29 is 17.6 Å².